The molecule has 3 rings (SSSR count). The van der Waals surface area contributed by atoms with E-state index in [2.05, 4.69) is 15.6 Å². The van der Waals surface area contributed by atoms with Crippen LogP contribution in [-0.2, 0) is 4.79 Å². The van der Waals surface area contributed by atoms with E-state index >= 15 is 0 Å². The number of hydrogen-bond acceptors (Lipinski definition) is 7. The zero-order valence-corrected chi connectivity index (χ0v) is 19.1. The summed E-state index contributed by atoms with van der Waals surface area (Å²) in [5.41, 5.74) is 1.48. The third kappa shape index (κ3) is 5.99. The number of rotatable bonds is 8. The summed E-state index contributed by atoms with van der Waals surface area (Å²) < 4.78 is 16.8. The molecule has 162 valence electrons. The number of thiocarbonyl (C=S) groups is 1. The molecule has 0 unspecified atom stereocenters. The van der Waals surface area contributed by atoms with E-state index in [1.165, 1.54) is 0 Å². The number of carbonyl (C=O) groups is 1. The molecule has 7 nitrogen and oxygen atoms in total. The van der Waals surface area contributed by atoms with Gasteiger partial charge in [-0.3, -0.25) is 9.78 Å². The zero-order chi connectivity index (χ0) is 22.2. The number of benzene rings is 2. The fourth-order valence-corrected chi connectivity index (χ4v) is 3.44. The molecule has 2 aromatic carbocycles. The van der Waals surface area contributed by atoms with Gasteiger partial charge in [0.05, 0.1) is 19.7 Å². The lowest BCUT2D eigenvalue weighted by molar-refractivity contribution is -0.119. The Hall–Kier alpha value is -3.04. The molecule has 1 amide bonds. The van der Waals surface area contributed by atoms with Crippen LogP contribution in [0.5, 0.6) is 23.0 Å². The number of nitrogens with zero attached hydrogens (tertiary/aromatic N) is 1. The molecule has 0 saturated heterocycles. The number of amides is 1. The maximum atomic E-state index is 11.8. The van der Waals surface area contributed by atoms with Crippen LogP contribution in [0.15, 0.2) is 48.7 Å². The van der Waals surface area contributed by atoms with Crippen LogP contribution in [0.4, 0.5) is 5.69 Å². The topological polar surface area (TPSA) is 81.7 Å². The standard InChI is InChI=1S/C22H23N3O4S2/c1-27-19-12-16-17(13-20(19)28-2)23-10-8-18(16)29-15-6-4-14(5-7-15)24-22(30)25-21(26)9-11-31-3/h4-8,10,12-13H,9,11H2,1-3H3,(H2,24,25,26,30). The molecule has 2 N–H and O–H groups in total. The van der Waals surface area contributed by atoms with Gasteiger partial charge in [0.2, 0.25) is 5.91 Å². The molecule has 0 spiro atoms. The van der Waals surface area contributed by atoms with Gasteiger partial charge in [-0.15, -0.1) is 0 Å². The number of thioether (sulfide) groups is 1. The van der Waals surface area contributed by atoms with Crippen molar-refractivity contribution in [3.8, 4) is 23.0 Å². The molecule has 0 fully saturated rings. The van der Waals surface area contributed by atoms with E-state index in [4.69, 9.17) is 26.4 Å². The number of anilines is 1. The average Bonchev–Trinajstić information content (AvgIpc) is 2.78. The van der Waals surface area contributed by atoms with Crippen molar-refractivity contribution < 1.29 is 19.0 Å². The monoisotopic (exact) mass is 457 g/mol. The summed E-state index contributed by atoms with van der Waals surface area (Å²) in [5, 5.41) is 6.73. The lowest BCUT2D eigenvalue weighted by Gasteiger charge is -2.13. The molecular weight excluding hydrogens is 434 g/mol. The van der Waals surface area contributed by atoms with E-state index in [9.17, 15) is 4.79 Å². The number of nitrogens with one attached hydrogen (secondary N) is 2. The number of hydrogen-bond donors (Lipinski definition) is 2. The van der Waals surface area contributed by atoms with E-state index in [0.717, 1.165) is 22.3 Å². The van der Waals surface area contributed by atoms with Gasteiger partial charge in [0.1, 0.15) is 11.5 Å². The van der Waals surface area contributed by atoms with Crippen molar-refractivity contribution in [2.75, 3.05) is 31.5 Å². The molecule has 0 aliphatic heterocycles. The number of ether oxygens (including phenoxy) is 3. The maximum Gasteiger partial charge on any atom is 0.226 e. The second-order valence-electron chi connectivity index (χ2n) is 6.40. The van der Waals surface area contributed by atoms with Crippen LogP contribution >= 0.6 is 24.0 Å². The molecule has 3 aromatic rings. The number of pyridine rings is 1. The number of fused-ring (bicyclic) bond motifs is 1. The van der Waals surface area contributed by atoms with Crippen molar-refractivity contribution in [1.29, 1.82) is 0 Å². The van der Waals surface area contributed by atoms with Crippen LogP contribution in [0.3, 0.4) is 0 Å². The van der Waals surface area contributed by atoms with E-state index < -0.39 is 0 Å². The summed E-state index contributed by atoms with van der Waals surface area (Å²) in [6.07, 6.45) is 4.06. The van der Waals surface area contributed by atoms with E-state index in [1.54, 1.807) is 38.2 Å². The van der Waals surface area contributed by atoms with Crippen LogP contribution in [0.25, 0.3) is 10.9 Å². The molecule has 0 aliphatic rings. The fraction of sp³-hybridized carbons (Fsp3) is 0.227. The lowest BCUT2D eigenvalue weighted by atomic mass is 10.2. The van der Waals surface area contributed by atoms with Crippen LogP contribution < -0.4 is 24.8 Å². The maximum absolute atomic E-state index is 11.8. The summed E-state index contributed by atoms with van der Waals surface area (Å²) in [6, 6.07) is 12.7. The third-order valence-corrected chi connectivity index (χ3v) is 5.15. The van der Waals surface area contributed by atoms with Crippen molar-refractivity contribution in [2.24, 2.45) is 0 Å². The predicted molar refractivity (Wildman–Crippen MR) is 129 cm³/mol. The highest BCUT2D eigenvalue weighted by Gasteiger charge is 2.11. The Bertz CT molecular complexity index is 1070. The van der Waals surface area contributed by atoms with Gasteiger partial charge in [0, 0.05) is 35.5 Å². The van der Waals surface area contributed by atoms with Crippen molar-refractivity contribution in [3.05, 3.63) is 48.7 Å². The second kappa shape index (κ2) is 10.8. The van der Waals surface area contributed by atoms with Crippen LogP contribution in [-0.4, -0.2) is 42.2 Å². The van der Waals surface area contributed by atoms with Gasteiger partial charge in [-0.1, -0.05) is 0 Å². The first kappa shape index (κ1) is 22.6. The van der Waals surface area contributed by atoms with Gasteiger partial charge in [-0.25, -0.2) is 0 Å². The van der Waals surface area contributed by atoms with Gasteiger partial charge in [0.15, 0.2) is 16.6 Å². The Morgan fingerprint density at radius 3 is 2.45 bits per heavy atom. The van der Waals surface area contributed by atoms with Crippen LogP contribution in [0.2, 0.25) is 0 Å². The molecule has 1 heterocycles. The van der Waals surface area contributed by atoms with E-state index in [-0.39, 0.29) is 11.0 Å². The van der Waals surface area contributed by atoms with Gasteiger partial charge < -0.3 is 24.8 Å². The Kier molecular flexibility index (Phi) is 7.91. The first-order chi connectivity index (χ1) is 15.0. The summed E-state index contributed by atoms with van der Waals surface area (Å²) in [4.78, 5) is 16.1. The fourth-order valence-electron chi connectivity index (χ4n) is 2.82. The Morgan fingerprint density at radius 1 is 1.06 bits per heavy atom. The minimum atomic E-state index is -0.108. The van der Waals surface area contributed by atoms with Crippen LogP contribution in [0.1, 0.15) is 6.42 Å². The SMILES string of the molecule is COc1cc2nccc(Oc3ccc(NC(=S)NC(=O)CCSC)cc3)c2cc1OC. The molecule has 0 radical (unpaired) electrons. The minimum Gasteiger partial charge on any atom is -0.493 e. The molecule has 0 bridgehead atoms. The van der Waals surface area contributed by atoms with E-state index in [1.807, 2.05) is 42.7 Å². The van der Waals surface area contributed by atoms with Crippen molar-refractivity contribution in [1.82, 2.24) is 10.3 Å². The first-order valence-corrected chi connectivity index (χ1v) is 11.2. The van der Waals surface area contributed by atoms with Gasteiger partial charge >= 0.3 is 0 Å². The van der Waals surface area contributed by atoms with Crippen molar-refractivity contribution in [2.45, 2.75) is 6.42 Å². The number of aromatic nitrogens is 1. The summed E-state index contributed by atoms with van der Waals surface area (Å²) in [6.45, 7) is 0. The Labute approximate surface area is 190 Å². The third-order valence-electron chi connectivity index (χ3n) is 4.33. The highest BCUT2D eigenvalue weighted by molar-refractivity contribution is 7.98. The summed E-state index contributed by atoms with van der Waals surface area (Å²) in [7, 11) is 3.17. The Balaban J connectivity index is 1.70. The molecule has 31 heavy (non-hydrogen) atoms. The molecule has 0 atom stereocenters. The normalized spacial score (nSPS) is 10.4. The van der Waals surface area contributed by atoms with Crippen LogP contribution in [0, 0.1) is 0 Å². The largest absolute Gasteiger partial charge is 0.493 e. The van der Waals surface area contributed by atoms with Gasteiger partial charge in [-0.2, -0.15) is 11.8 Å². The van der Waals surface area contributed by atoms with Gasteiger partial charge in [-0.05, 0) is 54.9 Å². The molecule has 0 aliphatic carbocycles. The van der Waals surface area contributed by atoms with Crippen molar-refractivity contribution in [3.63, 3.8) is 0 Å². The molecule has 0 saturated carbocycles. The van der Waals surface area contributed by atoms with Crippen molar-refractivity contribution >= 4 is 51.6 Å². The van der Waals surface area contributed by atoms with Gasteiger partial charge in [0.25, 0.3) is 0 Å². The average molecular weight is 458 g/mol. The highest BCUT2D eigenvalue weighted by atomic mass is 32.2. The molecule has 9 heteroatoms. The second-order valence-corrected chi connectivity index (χ2v) is 7.80. The summed E-state index contributed by atoms with van der Waals surface area (Å²) in [5.74, 6) is 3.13. The molecular formula is C22H23N3O4S2. The Morgan fingerprint density at radius 2 is 1.77 bits per heavy atom. The lowest BCUT2D eigenvalue weighted by Crippen LogP contribution is -2.34. The quantitative estimate of drug-likeness (QED) is 0.475. The number of methoxy groups -OCH3 is 2. The number of carbonyl (C=O) groups excluding carboxylic acids is 1. The minimum absolute atomic E-state index is 0.108. The van der Waals surface area contributed by atoms with E-state index in [0.29, 0.717) is 29.4 Å². The molecule has 1 aromatic heterocycles. The first-order valence-electron chi connectivity index (χ1n) is 9.42. The highest BCUT2D eigenvalue weighted by Crippen LogP contribution is 2.36. The zero-order valence-electron chi connectivity index (χ0n) is 17.4. The summed E-state index contributed by atoms with van der Waals surface area (Å²) >= 11 is 6.80. The smallest absolute Gasteiger partial charge is 0.226 e. The predicted octanol–water partition coefficient (Wildman–Crippen LogP) is 4.61.